The number of hydrogen-bond donors (Lipinski definition) is 0. The van der Waals surface area contributed by atoms with Gasteiger partial charge in [-0.1, -0.05) is 6.07 Å². The van der Waals surface area contributed by atoms with Gasteiger partial charge in [0.25, 0.3) is 0 Å². The first-order valence-corrected chi connectivity index (χ1v) is 5.81. The Bertz CT molecular complexity index is 429. The van der Waals surface area contributed by atoms with Gasteiger partial charge in [-0.25, -0.2) is 4.79 Å². The van der Waals surface area contributed by atoms with Gasteiger partial charge in [0.05, 0.1) is 18.7 Å². The summed E-state index contributed by atoms with van der Waals surface area (Å²) in [5.74, 6) is -0.579. The van der Waals surface area contributed by atoms with Crippen LogP contribution < -0.4 is 4.74 Å². The van der Waals surface area contributed by atoms with Gasteiger partial charge in [-0.15, -0.1) is 0 Å². The second kappa shape index (κ2) is 6.39. The summed E-state index contributed by atoms with van der Waals surface area (Å²) >= 11 is 3.36. The van der Waals surface area contributed by atoms with Crippen LogP contribution in [0.1, 0.15) is 12.0 Å². The lowest BCUT2D eigenvalue weighted by atomic mass is 10.1. The lowest BCUT2D eigenvalue weighted by Gasteiger charge is -2.05. The minimum absolute atomic E-state index is 0.144. The maximum atomic E-state index is 11.2. The molecule has 0 unspecified atom stereocenters. The molecule has 0 aliphatic heterocycles. The molecule has 1 aromatic rings. The van der Waals surface area contributed by atoms with E-state index < -0.39 is 11.8 Å². The number of aryl methyl sites for hydroxylation is 1. The Morgan fingerprint density at radius 1 is 1.29 bits per heavy atom. The van der Waals surface area contributed by atoms with Gasteiger partial charge < -0.3 is 9.47 Å². The van der Waals surface area contributed by atoms with Crippen LogP contribution in [-0.2, 0) is 20.7 Å². The third-order valence-corrected chi connectivity index (χ3v) is 2.89. The summed E-state index contributed by atoms with van der Waals surface area (Å²) in [6.45, 7) is 0. The number of carbonyl (C=O) groups excluding carboxylic acids is 2. The largest absolute Gasteiger partial charge is 0.496 e. The Morgan fingerprint density at radius 2 is 2.00 bits per heavy atom. The molecule has 0 aromatic heterocycles. The lowest BCUT2D eigenvalue weighted by molar-refractivity contribution is -0.151. The van der Waals surface area contributed by atoms with Crippen LogP contribution >= 0.6 is 15.9 Å². The van der Waals surface area contributed by atoms with E-state index in [9.17, 15) is 9.59 Å². The van der Waals surface area contributed by atoms with Crippen molar-refractivity contribution in [3.05, 3.63) is 28.2 Å². The van der Waals surface area contributed by atoms with Crippen LogP contribution in [0.2, 0.25) is 0 Å². The van der Waals surface area contributed by atoms with E-state index >= 15 is 0 Å². The summed E-state index contributed by atoms with van der Waals surface area (Å²) in [4.78, 5) is 22.1. The molecule has 92 valence electrons. The van der Waals surface area contributed by atoms with E-state index in [1.807, 2.05) is 18.2 Å². The zero-order valence-corrected chi connectivity index (χ0v) is 11.2. The van der Waals surface area contributed by atoms with Crippen molar-refractivity contribution >= 4 is 27.7 Å². The number of Topliss-reactive ketones (excluding diaryl/α,β-unsaturated/α-hetero) is 1. The number of hydrogen-bond acceptors (Lipinski definition) is 4. The van der Waals surface area contributed by atoms with Crippen molar-refractivity contribution in [3.63, 3.8) is 0 Å². The van der Waals surface area contributed by atoms with Gasteiger partial charge >= 0.3 is 5.97 Å². The molecule has 0 heterocycles. The number of esters is 1. The van der Waals surface area contributed by atoms with E-state index in [4.69, 9.17) is 4.74 Å². The van der Waals surface area contributed by atoms with Gasteiger partial charge in [0, 0.05) is 6.42 Å². The topological polar surface area (TPSA) is 52.6 Å². The number of rotatable bonds is 5. The fourth-order valence-corrected chi connectivity index (χ4v) is 1.93. The van der Waals surface area contributed by atoms with Crippen molar-refractivity contribution < 1.29 is 19.1 Å². The first kappa shape index (κ1) is 13.7. The number of ether oxygens (including phenoxy) is 2. The van der Waals surface area contributed by atoms with Gasteiger partial charge in [0.15, 0.2) is 0 Å². The maximum absolute atomic E-state index is 11.2. The molecule has 17 heavy (non-hydrogen) atoms. The molecule has 0 fully saturated rings. The molecule has 0 saturated heterocycles. The molecule has 0 aliphatic carbocycles. The van der Waals surface area contributed by atoms with Crippen molar-refractivity contribution in [3.8, 4) is 5.75 Å². The predicted molar refractivity (Wildman–Crippen MR) is 66.0 cm³/mol. The maximum Gasteiger partial charge on any atom is 0.374 e. The van der Waals surface area contributed by atoms with Gasteiger partial charge in [-0.05, 0) is 40.0 Å². The standard InChI is InChI=1S/C12H13BrO4/c1-16-11-6-4-8(7-9(11)13)3-5-10(14)12(15)17-2/h4,6-7H,3,5H2,1-2H3. The molecular weight excluding hydrogens is 288 g/mol. The third-order valence-electron chi connectivity index (χ3n) is 2.27. The predicted octanol–water partition coefficient (Wildman–Crippen LogP) is 2.13. The molecule has 0 spiro atoms. The van der Waals surface area contributed by atoms with Crippen LogP contribution in [0.4, 0.5) is 0 Å². The molecule has 0 atom stereocenters. The van der Waals surface area contributed by atoms with Crippen molar-refractivity contribution in [2.45, 2.75) is 12.8 Å². The average Bonchev–Trinajstić information content (AvgIpc) is 2.35. The molecule has 0 radical (unpaired) electrons. The second-order valence-corrected chi connectivity index (χ2v) is 4.24. The minimum Gasteiger partial charge on any atom is -0.496 e. The number of ketones is 1. The Kier molecular flexibility index (Phi) is 5.15. The van der Waals surface area contributed by atoms with E-state index in [-0.39, 0.29) is 6.42 Å². The Balaban J connectivity index is 2.61. The third kappa shape index (κ3) is 3.85. The minimum atomic E-state index is -0.794. The second-order valence-electron chi connectivity index (χ2n) is 3.38. The van der Waals surface area contributed by atoms with Crippen LogP contribution in [0.15, 0.2) is 22.7 Å². The van der Waals surface area contributed by atoms with Gasteiger partial charge in [-0.2, -0.15) is 0 Å². The molecule has 0 N–H and O–H groups in total. The zero-order chi connectivity index (χ0) is 12.8. The Hall–Kier alpha value is -1.36. The van der Waals surface area contributed by atoms with Crippen LogP contribution in [0.5, 0.6) is 5.75 Å². The molecule has 4 nitrogen and oxygen atoms in total. The molecule has 0 saturated carbocycles. The Morgan fingerprint density at radius 3 is 2.53 bits per heavy atom. The Labute approximate surface area is 108 Å². The first-order chi connectivity index (χ1) is 8.08. The molecule has 1 rings (SSSR count). The number of halogens is 1. The van der Waals surface area contributed by atoms with Crippen LogP contribution in [0.3, 0.4) is 0 Å². The van der Waals surface area contributed by atoms with E-state index in [1.54, 1.807) is 7.11 Å². The van der Waals surface area contributed by atoms with Crippen LogP contribution in [0.25, 0.3) is 0 Å². The fraction of sp³-hybridized carbons (Fsp3) is 0.333. The van der Waals surface area contributed by atoms with Crippen LogP contribution in [-0.4, -0.2) is 26.0 Å². The monoisotopic (exact) mass is 300 g/mol. The van der Waals surface area contributed by atoms with Crippen molar-refractivity contribution in [2.24, 2.45) is 0 Å². The number of carbonyl (C=O) groups is 2. The summed E-state index contributed by atoms with van der Waals surface area (Å²) < 4.78 is 10.3. The SMILES string of the molecule is COC(=O)C(=O)CCc1ccc(OC)c(Br)c1. The first-order valence-electron chi connectivity index (χ1n) is 5.02. The van der Waals surface area contributed by atoms with E-state index in [0.29, 0.717) is 6.42 Å². The highest BCUT2D eigenvalue weighted by atomic mass is 79.9. The van der Waals surface area contributed by atoms with E-state index in [0.717, 1.165) is 15.8 Å². The molecule has 0 bridgehead atoms. The van der Waals surface area contributed by atoms with E-state index in [1.165, 1.54) is 7.11 Å². The summed E-state index contributed by atoms with van der Waals surface area (Å²) in [6.07, 6.45) is 0.641. The normalized spacial score (nSPS) is 9.82. The van der Waals surface area contributed by atoms with Gasteiger partial charge in [0.2, 0.25) is 5.78 Å². The number of benzene rings is 1. The van der Waals surface area contributed by atoms with Crippen molar-refractivity contribution in [1.29, 1.82) is 0 Å². The summed E-state index contributed by atoms with van der Waals surface area (Å²) in [6, 6.07) is 5.53. The highest BCUT2D eigenvalue weighted by Gasteiger charge is 2.13. The molecule has 5 heteroatoms. The summed E-state index contributed by atoms with van der Waals surface area (Å²) in [7, 11) is 2.78. The van der Waals surface area contributed by atoms with Crippen LogP contribution in [0, 0.1) is 0 Å². The quantitative estimate of drug-likeness (QED) is 0.617. The summed E-state index contributed by atoms with van der Waals surface area (Å²) in [5, 5.41) is 0. The molecule has 0 aliphatic rings. The van der Waals surface area contributed by atoms with Gasteiger partial charge in [-0.3, -0.25) is 4.79 Å². The van der Waals surface area contributed by atoms with E-state index in [2.05, 4.69) is 20.7 Å². The lowest BCUT2D eigenvalue weighted by Crippen LogP contribution is -2.15. The molecular formula is C12H13BrO4. The average molecular weight is 301 g/mol. The van der Waals surface area contributed by atoms with Crippen molar-refractivity contribution in [2.75, 3.05) is 14.2 Å². The van der Waals surface area contributed by atoms with Crippen molar-refractivity contribution in [1.82, 2.24) is 0 Å². The zero-order valence-electron chi connectivity index (χ0n) is 9.66. The number of methoxy groups -OCH3 is 2. The molecule has 1 aromatic carbocycles. The smallest absolute Gasteiger partial charge is 0.374 e. The summed E-state index contributed by atoms with van der Waals surface area (Å²) in [5.41, 5.74) is 0.954. The highest BCUT2D eigenvalue weighted by Crippen LogP contribution is 2.25. The van der Waals surface area contributed by atoms with Gasteiger partial charge in [0.1, 0.15) is 5.75 Å². The fourth-order valence-electron chi connectivity index (χ4n) is 1.34. The highest BCUT2D eigenvalue weighted by molar-refractivity contribution is 9.10. The molecule has 0 amide bonds.